The fourth-order valence-corrected chi connectivity index (χ4v) is 2.18. The zero-order valence-corrected chi connectivity index (χ0v) is 12.6. The highest BCUT2D eigenvalue weighted by Gasteiger charge is 2.40. The second kappa shape index (κ2) is 6.22. The first kappa shape index (κ1) is 16.4. The average molecular weight is 283 g/mol. The van der Waals surface area contributed by atoms with Gasteiger partial charge < -0.3 is 14.8 Å². The first-order valence-electron chi connectivity index (χ1n) is 6.40. The summed E-state index contributed by atoms with van der Waals surface area (Å²) in [5.74, 6) is -0.885. The summed E-state index contributed by atoms with van der Waals surface area (Å²) < 4.78 is 23.9. The van der Waals surface area contributed by atoms with Gasteiger partial charge in [0, 0.05) is 13.5 Å². The number of rotatable bonds is 6. The van der Waals surface area contributed by atoms with Gasteiger partial charge >= 0.3 is 5.97 Å². The van der Waals surface area contributed by atoms with Crippen LogP contribution in [0.5, 0.6) is 0 Å². The van der Waals surface area contributed by atoms with Crippen molar-refractivity contribution in [1.82, 2.24) is 0 Å². The van der Waals surface area contributed by atoms with Crippen molar-refractivity contribution in [2.24, 2.45) is 0 Å². The Hall–Kier alpha value is -1.62. The van der Waals surface area contributed by atoms with Gasteiger partial charge in [0.25, 0.3) is 0 Å². The van der Waals surface area contributed by atoms with Crippen molar-refractivity contribution in [2.45, 2.75) is 38.3 Å². The van der Waals surface area contributed by atoms with Crippen LogP contribution in [0.2, 0.25) is 0 Å². The molecule has 0 aromatic heterocycles. The van der Waals surface area contributed by atoms with Gasteiger partial charge in [-0.1, -0.05) is 12.1 Å². The Bertz CT molecular complexity index is 476. The van der Waals surface area contributed by atoms with E-state index in [2.05, 4.69) is 5.32 Å². The van der Waals surface area contributed by atoms with Crippen molar-refractivity contribution in [1.29, 1.82) is 0 Å². The molecule has 1 rings (SSSR count). The number of ether oxygens (including phenoxy) is 2. The first-order valence-corrected chi connectivity index (χ1v) is 6.40. The van der Waals surface area contributed by atoms with Crippen LogP contribution < -0.4 is 5.32 Å². The number of halogens is 1. The molecule has 20 heavy (non-hydrogen) atoms. The molecule has 0 aliphatic carbocycles. The maximum Gasteiger partial charge on any atom is 0.331 e. The van der Waals surface area contributed by atoms with Crippen LogP contribution in [0.15, 0.2) is 24.3 Å². The summed E-state index contributed by atoms with van der Waals surface area (Å²) in [6, 6.07) is 6.21. The molecule has 0 spiro atoms. The van der Waals surface area contributed by atoms with E-state index >= 15 is 0 Å². The lowest BCUT2D eigenvalue weighted by Gasteiger charge is -2.36. The monoisotopic (exact) mass is 283 g/mol. The van der Waals surface area contributed by atoms with E-state index in [0.717, 1.165) is 0 Å². The Morgan fingerprint density at radius 2 is 1.85 bits per heavy atom. The van der Waals surface area contributed by atoms with Crippen molar-refractivity contribution in [2.75, 3.05) is 19.5 Å². The van der Waals surface area contributed by atoms with Gasteiger partial charge in [0.1, 0.15) is 11.4 Å². The quantitative estimate of drug-likeness (QED) is 0.815. The number of benzene rings is 1. The Balaban J connectivity index is 3.07. The zero-order chi connectivity index (χ0) is 15.4. The minimum atomic E-state index is -1.09. The van der Waals surface area contributed by atoms with Gasteiger partial charge in [-0.15, -0.1) is 0 Å². The Labute approximate surface area is 119 Å². The van der Waals surface area contributed by atoms with Crippen LogP contribution in [-0.2, 0) is 14.3 Å². The van der Waals surface area contributed by atoms with Crippen molar-refractivity contribution >= 4 is 11.7 Å². The molecule has 4 nitrogen and oxygen atoms in total. The summed E-state index contributed by atoms with van der Waals surface area (Å²) in [4.78, 5) is 12.1. The van der Waals surface area contributed by atoms with Crippen molar-refractivity contribution in [3.8, 4) is 0 Å². The lowest BCUT2D eigenvalue weighted by molar-refractivity contribution is -0.148. The molecule has 1 N–H and O–H groups in total. The maximum atomic E-state index is 13.8. The lowest BCUT2D eigenvalue weighted by Crippen LogP contribution is -2.49. The topological polar surface area (TPSA) is 47.6 Å². The minimum Gasteiger partial charge on any atom is -0.467 e. The highest BCUT2D eigenvalue weighted by molar-refractivity contribution is 5.84. The summed E-state index contributed by atoms with van der Waals surface area (Å²) in [6.07, 6.45) is 0.331. The molecule has 0 aliphatic rings. The molecule has 1 atom stereocenters. The Kier molecular flexibility index (Phi) is 5.11. The van der Waals surface area contributed by atoms with Crippen LogP contribution in [0.1, 0.15) is 27.2 Å². The minimum absolute atomic E-state index is 0.257. The molecule has 0 heterocycles. The third kappa shape index (κ3) is 3.93. The number of nitrogens with one attached hydrogen (secondary N) is 1. The summed E-state index contributed by atoms with van der Waals surface area (Å²) in [6.45, 7) is 5.39. The predicted molar refractivity (Wildman–Crippen MR) is 76.1 cm³/mol. The maximum absolute atomic E-state index is 13.8. The van der Waals surface area contributed by atoms with Gasteiger partial charge in [-0.3, -0.25) is 0 Å². The number of hydrogen-bond donors (Lipinski definition) is 1. The SMILES string of the molecule is COC(=O)C(C)(CC(C)(C)OC)Nc1ccccc1F. The second-order valence-corrected chi connectivity index (χ2v) is 5.57. The van der Waals surface area contributed by atoms with Crippen molar-refractivity contribution in [3.05, 3.63) is 30.1 Å². The van der Waals surface area contributed by atoms with E-state index in [1.54, 1.807) is 32.2 Å². The molecule has 1 aromatic carbocycles. The molecule has 5 heteroatoms. The van der Waals surface area contributed by atoms with Gasteiger partial charge in [-0.2, -0.15) is 0 Å². The highest BCUT2D eigenvalue weighted by Crippen LogP contribution is 2.29. The average Bonchev–Trinajstić information content (AvgIpc) is 2.40. The lowest BCUT2D eigenvalue weighted by atomic mass is 9.87. The summed E-state index contributed by atoms with van der Waals surface area (Å²) in [7, 11) is 2.88. The second-order valence-electron chi connectivity index (χ2n) is 5.57. The standard InChI is InChI=1S/C15H22FNO3/c1-14(2,20-5)10-15(3,13(18)19-4)17-12-9-7-6-8-11(12)16/h6-9,17H,10H2,1-5H3. The summed E-state index contributed by atoms with van der Waals surface area (Å²) >= 11 is 0. The van der Waals surface area contributed by atoms with Crippen LogP contribution in [0.4, 0.5) is 10.1 Å². The molecule has 0 bridgehead atoms. The first-order chi connectivity index (χ1) is 9.24. The van der Waals surface area contributed by atoms with E-state index in [9.17, 15) is 9.18 Å². The van der Waals surface area contributed by atoms with E-state index in [1.807, 2.05) is 13.8 Å². The smallest absolute Gasteiger partial charge is 0.331 e. The zero-order valence-electron chi connectivity index (χ0n) is 12.6. The number of carbonyl (C=O) groups is 1. The number of esters is 1. The molecular formula is C15H22FNO3. The normalized spacial score (nSPS) is 14.5. The molecule has 0 aliphatic heterocycles. The fraction of sp³-hybridized carbons (Fsp3) is 0.533. The molecule has 0 fully saturated rings. The number of anilines is 1. The molecule has 1 aromatic rings. The van der Waals surface area contributed by atoms with Crippen molar-refractivity contribution < 1.29 is 18.7 Å². The Morgan fingerprint density at radius 1 is 1.25 bits per heavy atom. The van der Waals surface area contributed by atoms with E-state index in [-0.39, 0.29) is 5.69 Å². The number of para-hydroxylation sites is 1. The van der Waals surface area contributed by atoms with Crippen LogP contribution in [0.3, 0.4) is 0 Å². The van der Waals surface area contributed by atoms with Gasteiger partial charge in [-0.05, 0) is 32.9 Å². The van der Waals surface area contributed by atoms with Crippen molar-refractivity contribution in [3.63, 3.8) is 0 Å². The molecule has 1 unspecified atom stereocenters. The van der Waals surface area contributed by atoms with Gasteiger partial charge in [0.2, 0.25) is 0 Å². The third-order valence-corrected chi connectivity index (χ3v) is 3.25. The van der Waals surface area contributed by atoms with E-state index in [0.29, 0.717) is 6.42 Å². The molecule has 0 saturated heterocycles. The van der Waals surface area contributed by atoms with Gasteiger partial charge in [0.15, 0.2) is 0 Å². The van der Waals surface area contributed by atoms with E-state index < -0.39 is 22.9 Å². The predicted octanol–water partition coefficient (Wildman–Crippen LogP) is 2.98. The number of hydrogen-bond acceptors (Lipinski definition) is 4. The molecular weight excluding hydrogens is 261 g/mol. The fourth-order valence-electron chi connectivity index (χ4n) is 2.18. The van der Waals surface area contributed by atoms with Crippen LogP contribution in [0.25, 0.3) is 0 Å². The van der Waals surface area contributed by atoms with Crippen LogP contribution in [0, 0.1) is 5.82 Å². The highest BCUT2D eigenvalue weighted by atomic mass is 19.1. The molecule has 112 valence electrons. The third-order valence-electron chi connectivity index (χ3n) is 3.25. The number of methoxy groups -OCH3 is 2. The van der Waals surface area contributed by atoms with Crippen LogP contribution >= 0.6 is 0 Å². The van der Waals surface area contributed by atoms with Gasteiger partial charge in [0.05, 0.1) is 18.4 Å². The summed E-state index contributed by atoms with van der Waals surface area (Å²) in [5, 5.41) is 2.94. The van der Waals surface area contributed by atoms with Crippen LogP contribution in [-0.4, -0.2) is 31.3 Å². The largest absolute Gasteiger partial charge is 0.467 e. The molecule has 0 amide bonds. The van der Waals surface area contributed by atoms with Gasteiger partial charge in [-0.25, -0.2) is 9.18 Å². The summed E-state index contributed by atoms with van der Waals surface area (Å²) in [5.41, 5.74) is -1.38. The Morgan fingerprint density at radius 3 is 2.35 bits per heavy atom. The van der Waals surface area contributed by atoms with E-state index in [4.69, 9.17) is 9.47 Å². The molecule has 0 saturated carbocycles. The molecule has 0 radical (unpaired) electrons. The number of carbonyl (C=O) groups excluding carboxylic acids is 1. The van der Waals surface area contributed by atoms with E-state index in [1.165, 1.54) is 13.2 Å².